The zero-order valence-corrected chi connectivity index (χ0v) is 7.14. The lowest BCUT2D eigenvalue weighted by Crippen LogP contribution is -1.95. The molecule has 0 bridgehead atoms. The fourth-order valence-corrected chi connectivity index (χ4v) is 2.46. The first-order valence-corrected chi connectivity index (χ1v) is 4.75. The van der Waals surface area contributed by atoms with Crippen LogP contribution in [0.25, 0.3) is 0 Å². The molecule has 3 aliphatic carbocycles. The van der Waals surface area contributed by atoms with Gasteiger partial charge in [-0.3, -0.25) is 0 Å². The molecule has 0 aliphatic heterocycles. The molecule has 0 heteroatoms. The van der Waals surface area contributed by atoms with Crippen molar-refractivity contribution in [1.82, 2.24) is 0 Å². The van der Waals surface area contributed by atoms with E-state index in [-0.39, 0.29) is 0 Å². The van der Waals surface area contributed by atoms with Gasteiger partial charge in [-0.15, -0.1) is 0 Å². The van der Waals surface area contributed by atoms with E-state index < -0.39 is 0 Å². The highest BCUT2D eigenvalue weighted by atomic mass is 14.3. The Morgan fingerprint density at radius 2 is 2.08 bits per heavy atom. The van der Waals surface area contributed by atoms with Crippen LogP contribution < -0.4 is 0 Å². The summed E-state index contributed by atoms with van der Waals surface area (Å²) < 4.78 is 0. The second-order valence-electron chi connectivity index (χ2n) is 3.73. The van der Waals surface area contributed by atoms with Crippen LogP contribution >= 0.6 is 0 Å². The van der Waals surface area contributed by atoms with Gasteiger partial charge in [-0.25, -0.2) is 0 Å². The summed E-state index contributed by atoms with van der Waals surface area (Å²) in [6.07, 6.45) is 14.3. The smallest absolute Gasteiger partial charge is 0.00855 e. The van der Waals surface area contributed by atoms with E-state index in [0.717, 1.165) is 0 Å². The van der Waals surface area contributed by atoms with Crippen molar-refractivity contribution < 1.29 is 0 Å². The zero-order chi connectivity index (χ0) is 7.97. The zero-order valence-electron chi connectivity index (χ0n) is 7.14. The first-order chi connectivity index (χ1) is 5.95. The van der Waals surface area contributed by atoms with Crippen LogP contribution in [-0.4, -0.2) is 0 Å². The third kappa shape index (κ3) is 0.726. The van der Waals surface area contributed by atoms with Gasteiger partial charge in [0.2, 0.25) is 0 Å². The van der Waals surface area contributed by atoms with E-state index in [1.54, 1.807) is 16.7 Å². The molecule has 0 saturated heterocycles. The molecule has 12 heavy (non-hydrogen) atoms. The number of allylic oxidation sites excluding steroid dienone is 8. The number of fused-ring (bicyclic) bond motifs is 2. The molecule has 0 amide bonds. The number of hydrogen-bond acceptors (Lipinski definition) is 0. The van der Waals surface area contributed by atoms with Crippen molar-refractivity contribution in [3.8, 4) is 0 Å². The Balaban J connectivity index is 2.20. The Kier molecular flexibility index (Phi) is 1.20. The molecule has 3 aliphatic rings. The molecule has 0 radical (unpaired) electrons. The van der Waals surface area contributed by atoms with Gasteiger partial charge in [0.05, 0.1) is 0 Å². The highest BCUT2D eigenvalue weighted by molar-refractivity contribution is 5.60. The topological polar surface area (TPSA) is 0 Å². The fraction of sp³-hybridized carbons (Fsp3) is 0.333. The SMILES string of the molecule is C1=CC2=C3CCCC3=CCC2=C1. The van der Waals surface area contributed by atoms with Gasteiger partial charge < -0.3 is 0 Å². The maximum atomic E-state index is 2.42. The van der Waals surface area contributed by atoms with E-state index in [1.165, 1.54) is 31.3 Å². The quantitative estimate of drug-likeness (QED) is 0.505. The van der Waals surface area contributed by atoms with E-state index in [4.69, 9.17) is 0 Å². The monoisotopic (exact) mass is 156 g/mol. The summed E-state index contributed by atoms with van der Waals surface area (Å²) in [5, 5.41) is 0. The van der Waals surface area contributed by atoms with Gasteiger partial charge in [-0.1, -0.05) is 24.3 Å². The van der Waals surface area contributed by atoms with Crippen LogP contribution in [0.5, 0.6) is 0 Å². The average molecular weight is 156 g/mol. The predicted molar refractivity (Wildman–Crippen MR) is 50.8 cm³/mol. The molecule has 3 rings (SSSR count). The molecule has 0 aromatic carbocycles. The Bertz CT molecular complexity index is 348. The summed E-state index contributed by atoms with van der Waals surface area (Å²) in [5.74, 6) is 0. The number of rotatable bonds is 0. The summed E-state index contributed by atoms with van der Waals surface area (Å²) in [7, 11) is 0. The molecule has 60 valence electrons. The molecule has 0 nitrogen and oxygen atoms in total. The van der Waals surface area contributed by atoms with Crippen molar-refractivity contribution in [3.05, 3.63) is 46.6 Å². The van der Waals surface area contributed by atoms with Crippen LogP contribution in [0.3, 0.4) is 0 Å². The third-order valence-corrected chi connectivity index (χ3v) is 3.06. The highest BCUT2D eigenvalue weighted by Gasteiger charge is 2.22. The van der Waals surface area contributed by atoms with Gasteiger partial charge in [0.1, 0.15) is 0 Å². The Hall–Kier alpha value is -1.04. The minimum atomic E-state index is 1.17. The van der Waals surface area contributed by atoms with Crippen molar-refractivity contribution in [3.63, 3.8) is 0 Å². The first kappa shape index (κ1) is 6.47. The predicted octanol–water partition coefficient (Wildman–Crippen LogP) is 3.29. The van der Waals surface area contributed by atoms with Gasteiger partial charge in [-0.2, -0.15) is 0 Å². The van der Waals surface area contributed by atoms with Crippen LogP contribution in [0.1, 0.15) is 25.7 Å². The van der Waals surface area contributed by atoms with Crippen LogP contribution in [0.4, 0.5) is 0 Å². The number of hydrogen-bond donors (Lipinski definition) is 0. The Labute approximate surface area is 73.0 Å². The van der Waals surface area contributed by atoms with Gasteiger partial charge in [0.25, 0.3) is 0 Å². The molecule has 1 fully saturated rings. The van der Waals surface area contributed by atoms with E-state index in [0.29, 0.717) is 0 Å². The van der Waals surface area contributed by atoms with Gasteiger partial charge in [0, 0.05) is 0 Å². The van der Waals surface area contributed by atoms with Gasteiger partial charge in [-0.05, 0) is 48.0 Å². The summed E-state index contributed by atoms with van der Waals surface area (Å²) in [5.41, 5.74) is 6.36. The highest BCUT2D eigenvalue weighted by Crippen LogP contribution is 2.41. The summed E-state index contributed by atoms with van der Waals surface area (Å²) in [4.78, 5) is 0. The summed E-state index contributed by atoms with van der Waals surface area (Å²) in [6.45, 7) is 0. The summed E-state index contributed by atoms with van der Waals surface area (Å²) in [6, 6.07) is 0. The van der Waals surface area contributed by atoms with Crippen LogP contribution in [0.2, 0.25) is 0 Å². The second kappa shape index (κ2) is 2.22. The van der Waals surface area contributed by atoms with Crippen LogP contribution in [-0.2, 0) is 0 Å². The van der Waals surface area contributed by atoms with Crippen molar-refractivity contribution >= 4 is 0 Å². The lowest BCUT2D eigenvalue weighted by molar-refractivity contribution is 0.932. The van der Waals surface area contributed by atoms with Gasteiger partial charge >= 0.3 is 0 Å². The van der Waals surface area contributed by atoms with Crippen LogP contribution in [0.15, 0.2) is 46.6 Å². The maximum Gasteiger partial charge on any atom is -0.00855 e. The van der Waals surface area contributed by atoms with Crippen molar-refractivity contribution in [2.45, 2.75) is 25.7 Å². The minimum absolute atomic E-state index is 1.17. The average Bonchev–Trinajstić information content (AvgIpc) is 2.71. The third-order valence-electron chi connectivity index (χ3n) is 3.06. The largest absolute Gasteiger partial charge is 0.0766 e. The maximum absolute atomic E-state index is 2.42. The van der Waals surface area contributed by atoms with E-state index in [1.807, 2.05) is 0 Å². The molecule has 0 atom stereocenters. The molecule has 0 unspecified atom stereocenters. The van der Waals surface area contributed by atoms with Crippen molar-refractivity contribution in [1.29, 1.82) is 0 Å². The molecular weight excluding hydrogens is 144 g/mol. The lowest BCUT2D eigenvalue weighted by Gasteiger charge is -2.14. The van der Waals surface area contributed by atoms with Crippen LogP contribution in [0, 0.1) is 0 Å². The van der Waals surface area contributed by atoms with E-state index >= 15 is 0 Å². The molecule has 0 spiro atoms. The molecule has 1 saturated carbocycles. The summed E-state index contributed by atoms with van der Waals surface area (Å²) >= 11 is 0. The molecule has 0 aromatic heterocycles. The standard InChI is InChI=1S/C12H12/c1-3-9-7-8-10-4-2-6-12(10)11(9)5-1/h1,3,5,8H,2,4,6-7H2. The van der Waals surface area contributed by atoms with E-state index in [9.17, 15) is 0 Å². The molecule has 0 N–H and O–H groups in total. The molecule has 0 heterocycles. The van der Waals surface area contributed by atoms with Crippen molar-refractivity contribution in [2.75, 3.05) is 0 Å². The normalized spacial score (nSPS) is 25.3. The second-order valence-corrected chi connectivity index (χ2v) is 3.73. The fourth-order valence-electron chi connectivity index (χ4n) is 2.46. The van der Waals surface area contributed by atoms with Gasteiger partial charge in [0.15, 0.2) is 0 Å². The van der Waals surface area contributed by atoms with Crippen molar-refractivity contribution in [2.24, 2.45) is 0 Å². The molecule has 0 aromatic rings. The lowest BCUT2D eigenvalue weighted by atomic mass is 9.91. The Morgan fingerprint density at radius 1 is 1.08 bits per heavy atom. The Morgan fingerprint density at radius 3 is 3.08 bits per heavy atom. The molecular formula is C12H12. The minimum Gasteiger partial charge on any atom is -0.0766 e. The first-order valence-electron chi connectivity index (χ1n) is 4.75. The van der Waals surface area contributed by atoms with E-state index in [2.05, 4.69) is 24.3 Å².